The first-order valence-corrected chi connectivity index (χ1v) is 6.75. The van der Waals surface area contributed by atoms with Crippen LogP contribution < -0.4 is 11.1 Å². The van der Waals surface area contributed by atoms with Crippen LogP contribution in [0.3, 0.4) is 0 Å². The predicted octanol–water partition coefficient (Wildman–Crippen LogP) is 3.47. The molecule has 100 valence electrons. The zero-order chi connectivity index (χ0) is 13.8. The average molecular weight is 263 g/mol. The molecule has 1 heterocycles. The summed E-state index contributed by atoms with van der Waals surface area (Å²) in [5, 5.41) is 4.58. The van der Waals surface area contributed by atoms with Crippen molar-refractivity contribution in [2.45, 2.75) is 6.42 Å². The minimum Gasteiger partial charge on any atom is -0.399 e. The Balaban J connectivity index is 1.71. The first-order valence-electron chi connectivity index (χ1n) is 6.75. The van der Waals surface area contributed by atoms with Crippen molar-refractivity contribution in [3.63, 3.8) is 0 Å². The molecular formula is C17H17N3. The maximum Gasteiger partial charge on any atom is 0.0734 e. The lowest BCUT2D eigenvalue weighted by Crippen LogP contribution is -2.05. The maximum atomic E-state index is 5.77. The number of nitrogens with two attached hydrogens (primary N) is 1. The van der Waals surface area contributed by atoms with Crippen molar-refractivity contribution in [2.75, 3.05) is 17.6 Å². The molecule has 0 saturated carbocycles. The molecule has 0 radical (unpaired) electrons. The highest BCUT2D eigenvalue weighted by atomic mass is 14.9. The van der Waals surface area contributed by atoms with Crippen LogP contribution in [0.1, 0.15) is 5.56 Å². The number of anilines is 2. The van der Waals surface area contributed by atoms with Gasteiger partial charge in [0.2, 0.25) is 0 Å². The Labute approximate surface area is 118 Å². The van der Waals surface area contributed by atoms with Gasteiger partial charge in [-0.3, -0.25) is 4.98 Å². The van der Waals surface area contributed by atoms with Gasteiger partial charge >= 0.3 is 0 Å². The lowest BCUT2D eigenvalue weighted by atomic mass is 10.1. The van der Waals surface area contributed by atoms with Gasteiger partial charge in [-0.05, 0) is 36.2 Å². The highest BCUT2D eigenvalue weighted by Gasteiger charge is 2.01. The molecule has 3 rings (SSSR count). The summed E-state index contributed by atoms with van der Waals surface area (Å²) in [5.41, 5.74) is 9.95. The van der Waals surface area contributed by atoms with Crippen molar-refractivity contribution in [1.29, 1.82) is 0 Å². The third kappa shape index (κ3) is 2.72. The molecular weight excluding hydrogens is 246 g/mol. The third-order valence-electron chi connectivity index (χ3n) is 3.33. The quantitative estimate of drug-likeness (QED) is 0.709. The number of fused-ring (bicyclic) bond motifs is 1. The van der Waals surface area contributed by atoms with E-state index >= 15 is 0 Å². The number of hydrogen-bond acceptors (Lipinski definition) is 3. The number of hydrogen-bond donors (Lipinski definition) is 2. The van der Waals surface area contributed by atoms with Gasteiger partial charge in [-0.2, -0.15) is 0 Å². The third-order valence-corrected chi connectivity index (χ3v) is 3.33. The monoisotopic (exact) mass is 263 g/mol. The summed E-state index contributed by atoms with van der Waals surface area (Å²) >= 11 is 0. The van der Waals surface area contributed by atoms with Crippen LogP contribution in [0, 0.1) is 0 Å². The van der Waals surface area contributed by atoms with E-state index in [0.29, 0.717) is 0 Å². The average Bonchev–Trinajstić information content (AvgIpc) is 2.48. The molecule has 0 amide bonds. The summed E-state index contributed by atoms with van der Waals surface area (Å²) in [6.07, 6.45) is 2.78. The summed E-state index contributed by atoms with van der Waals surface area (Å²) in [6, 6.07) is 18.2. The Kier molecular flexibility index (Phi) is 3.50. The molecule has 0 saturated heterocycles. The van der Waals surface area contributed by atoms with Gasteiger partial charge in [0.05, 0.1) is 5.52 Å². The lowest BCUT2D eigenvalue weighted by molar-refractivity contribution is 1.02. The van der Waals surface area contributed by atoms with Crippen LogP contribution in [0.4, 0.5) is 11.4 Å². The molecule has 0 unspecified atom stereocenters. The van der Waals surface area contributed by atoms with E-state index in [1.165, 1.54) is 10.9 Å². The van der Waals surface area contributed by atoms with Crippen molar-refractivity contribution in [2.24, 2.45) is 0 Å². The van der Waals surface area contributed by atoms with E-state index in [2.05, 4.69) is 34.6 Å². The number of pyridine rings is 1. The second kappa shape index (κ2) is 5.61. The summed E-state index contributed by atoms with van der Waals surface area (Å²) in [7, 11) is 0. The van der Waals surface area contributed by atoms with Crippen LogP contribution in [0.25, 0.3) is 10.9 Å². The molecule has 0 aliphatic heterocycles. The fourth-order valence-corrected chi connectivity index (χ4v) is 2.36. The first-order chi connectivity index (χ1) is 9.83. The van der Waals surface area contributed by atoms with Crippen molar-refractivity contribution < 1.29 is 0 Å². The van der Waals surface area contributed by atoms with Crippen molar-refractivity contribution in [1.82, 2.24) is 4.98 Å². The first kappa shape index (κ1) is 12.5. The molecule has 2 aromatic carbocycles. The molecule has 3 nitrogen and oxygen atoms in total. The van der Waals surface area contributed by atoms with Crippen LogP contribution in [0.2, 0.25) is 0 Å². The largest absolute Gasteiger partial charge is 0.399 e. The number of rotatable bonds is 4. The van der Waals surface area contributed by atoms with E-state index in [1.54, 1.807) is 0 Å². The van der Waals surface area contributed by atoms with Crippen molar-refractivity contribution >= 4 is 22.3 Å². The number of benzene rings is 2. The van der Waals surface area contributed by atoms with Gasteiger partial charge in [0.1, 0.15) is 0 Å². The summed E-state index contributed by atoms with van der Waals surface area (Å²) < 4.78 is 0. The van der Waals surface area contributed by atoms with Gasteiger partial charge in [0.15, 0.2) is 0 Å². The molecule has 0 aliphatic carbocycles. The molecule has 0 aliphatic rings. The van der Waals surface area contributed by atoms with Crippen LogP contribution in [0.5, 0.6) is 0 Å². The van der Waals surface area contributed by atoms with Gasteiger partial charge in [-0.25, -0.2) is 0 Å². The smallest absolute Gasteiger partial charge is 0.0734 e. The molecule has 0 fully saturated rings. The van der Waals surface area contributed by atoms with E-state index in [1.807, 2.05) is 36.5 Å². The molecule has 20 heavy (non-hydrogen) atoms. The minimum atomic E-state index is 0.779. The number of nitrogens with one attached hydrogen (secondary N) is 1. The molecule has 0 atom stereocenters. The van der Waals surface area contributed by atoms with E-state index < -0.39 is 0 Å². The van der Waals surface area contributed by atoms with E-state index in [-0.39, 0.29) is 0 Å². The normalized spacial score (nSPS) is 10.6. The molecule has 0 bridgehead atoms. The Morgan fingerprint density at radius 1 is 1.00 bits per heavy atom. The zero-order valence-electron chi connectivity index (χ0n) is 11.2. The highest BCUT2D eigenvalue weighted by Crippen LogP contribution is 2.17. The predicted molar refractivity (Wildman–Crippen MR) is 84.8 cm³/mol. The number of aromatic nitrogens is 1. The van der Waals surface area contributed by atoms with Gasteiger partial charge in [-0.15, -0.1) is 0 Å². The minimum absolute atomic E-state index is 0.779. The summed E-state index contributed by atoms with van der Waals surface area (Å²) in [4.78, 5) is 4.47. The maximum absolute atomic E-state index is 5.77. The fourth-order valence-electron chi connectivity index (χ4n) is 2.36. The van der Waals surface area contributed by atoms with E-state index in [0.717, 1.165) is 29.9 Å². The van der Waals surface area contributed by atoms with Crippen molar-refractivity contribution in [3.8, 4) is 0 Å². The summed E-state index contributed by atoms with van der Waals surface area (Å²) in [5.74, 6) is 0. The molecule has 3 heteroatoms. The standard InChI is InChI=1S/C17H17N3/c18-15-7-2-8-16(12-15)19-11-9-14-5-1-4-13-6-3-10-20-17(13)14/h1-8,10,12,19H,9,11,18H2. The van der Waals surface area contributed by atoms with Gasteiger partial charge < -0.3 is 11.1 Å². The van der Waals surface area contributed by atoms with Crippen molar-refractivity contribution in [3.05, 3.63) is 66.4 Å². The van der Waals surface area contributed by atoms with Crippen LogP contribution in [-0.4, -0.2) is 11.5 Å². The van der Waals surface area contributed by atoms with Crippen LogP contribution in [0.15, 0.2) is 60.8 Å². The van der Waals surface area contributed by atoms with Gasteiger partial charge in [0, 0.05) is 29.5 Å². The topological polar surface area (TPSA) is 50.9 Å². The Bertz CT molecular complexity index is 717. The second-order valence-electron chi connectivity index (χ2n) is 4.79. The number of nitrogen functional groups attached to an aromatic ring is 1. The van der Waals surface area contributed by atoms with E-state index in [4.69, 9.17) is 5.73 Å². The number of para-hydroxylation sites is 1. The second-order valence-corrected chi connectivity index (χ2v) is 4.79. The zero-order valence-corrected chi connectivity index (χ0v) is 11.2. The summed E-state index contributed by atoms with van der Waals surface area (Å²) in [6.45, 7) is 0.860. The fraction of sp³-hybridized carbons (Fsp3) is 0.118. The molecule has 3 aromatic rings. The van der Waals surface area contributed by atoms with Gasteiger partial charge in [0.25, 0.3) is 0 Å². The number of nitrogens with zero attached hydrogens (tertiary/aromatic N) is 1. The Morgan fingerprint density at radius 3 is 2.75 bits per heavy atom. The Morgan fingerprint density at radius 2 is 1.85 bits per heavy atom. The molecule has 1 aromatic heterocycles. The lowest BCUT2D eigenvalue weighted by Gasteiger charge is -2.08. The molecule has 3 N–H and O–H groups in total. The Hall–Kier alpha value is -2.55. The van der Waals surface area contributed by atoms with Gasteiger partial charge in [-0.1, -0.05) is 30.3 Å². The van der Waals surface area contributed by atoms with Crippen LogP contribution in [-0.2, 0) is 6.42 Å². The SMILES string of the molecule is Nc1cccc(NCCc2cccc3cccnc23)c1. The van der Waals surface area contributed by atoms with Crippen LogP contribution >= 0.6 is 0 Å². The highest BCUT2D eigenvalue weighted by molar-refractivity contribution is 5.81. The van der Waals surface area contributed by atoms with E-state index in [9.17, 15) is 0 Å². The molecule has 0 spiro atoms.